The van der Waals surface area contributed by atoms with Gasteiger partial charge in [0.2, 0.25) is 0 Å². The molecule has 0 fully saturated rings. The normalized spacial score (nSPS) is 10.8. The number of hydrogen-bond acceptors (Lipinski definition) is 3. The molecule has 0 aliphatic carbocycles. The van der Waals surface area contributed by atoms with E-state index in [-0.39, 0.29) is 0 Å². The summed E-state index contributed by atoms with van der Waals surface area (Å²) in [5.41, 5.74) is 0. The lowest BCUT2D eigenvalue weighted by molar-refractivity contribution is 1.04. The van der Waals surface area contributed by atoms with Crippen molar-refractivity contribution in [3.63, 3.8) is 0 Å². The van der Waals surface area contributed by atoms with Crippen LogP contribution in [0.3, 0.4) is 0 Å². The van der Waals surface area contributed by atoms with Crippen molar-refractivity contribution < 1.29 is 0 Å². The minimum absolute atomic E-state index is 0.994. The lowest BCUT2D eigenvalue weighted by Crippen LogP contribution is -1.75. The van der Waals surface area contributed by atoms with E-state index in [0.29, 0.717) is 0 Å². The van der Waals surface area contributed by atoms with Crippen LogP contribution in [0.2, 0.25) is 0 Å². The van der Waals surface area contributed by atoms with Crippen molar-refractivity contribution in [2.24, 2.45) is 0 Å². The maximum Gasteiger partial charge on any atom is 0.0783 e. The van der Waals surface area contributed by atoms with Gasteiger partial charge in [0, 0.05) is 16.0 Å². The summed E-state index contributed by atoms with van der Waals surface area (Å²) in [5, 5.41) is 3.63. The minimum atomic E-state index is 0.994. The van der Waals surface area contributed by atoms with Crippen molar-refractivity contribution in [2.75, 3.05) is 5.75 Å². The molecule has 84 valence electrons. The molecule has 0 atom stereocenters. The first-order chi connectivity index (χ1) is 7.86. The molecule has 2 aromatic heterocycles. The summed E-state index contributed by atoms with van der Waals surface area (Å²) in [4.78, 5) is 1.50. The van der Waals surface area contributed by atoms with Gasteiger partial charge in [-0.15, -0.1) is 47.6 Å². The molecule has 3 heteroatoms. The summed E-state index contributed by atoms with van der Waals surface area (Å²) in [6.07, 6.45) is 6.15. The van der Waals surface area contributed by atoms with Crippen LogP contribution in [0.15, 0.2) is 41.0 Å². The lowest BCUT2D eigenvalue weighted by Gasteiger charge is -1.92. The molecule has 0 aliphatic rings. The molecule has 0 saturated heterocycles. The van der Waals surface area contributed by atoms with Crippen LogP contribution < -0.4 is 0 Å². The average Bonchev–Trinajstić information content (AvgIpc) is 2.86. The fraction of sp³-hybridized carbons (Fsp3) is 0.231. The first-order valence-electron chi connectivity index (χ1n) is 5.20. The first-order valence-corrected chi connectivity index (χ1v) is 7.88. The van der Waals surface area contributed by atoms with E-state index in [9.17, 15) is 0 Å². The number of aryl methyl sites for hydroxylation is 1. The van der Waals surface area contributed by atoms with E-state index in [1.807, 2.05) is 46.6 Å². The van der Waals surface area contributed by atoms with E-state index in [4.69, 9.17) is 0 Å². The van der Waals surface area contributed by atoms with Gasteiger partial charge in [0.05, 0.1) is 8.91 Å². The second-order valence-corrected chi connectivity index (χ2v) is 6.71. The van der Waals surface area contributed by atoms with Gasteiger partial charge < -0.3 is 0 Å². The van der Waals surface area contributed by atoms with Gasteiger partial charge in [-0.05, 0) is 24.3 Å². The number of allylic oxidation sites excluding steroid dienone is 1. The van der Waals surface area contributed by atoms with Crippen molar-refractivity contribution in [3.8, 4) is 0 Å². The molecule has 2 aromatic rings. The van der Waals surface area contributed by atoms with Crippen LogP contribution in [0.4, 0.5) is 0 Å². The topological polar surface area (TPSA) is 0 Å². The Bertz CT molecular complexity index is 449. The van der Waals surface area contributed by atoms with E-state index in [2.05, 4.69) is 24.6 Å². The Balaban J connectivity index is 2.30. The van der Waals surface area contributed by atoms with Crippen LogP contribution >= 0.6 is 34.4 Å². The third-order valence-corrected chi connectivity index (χ3v) is 6.00. The van der Waals surface area contributed by atoms with Crippen LogP contribution in [0.5, 0.6) is 0 Å². The van der Waals surface area contributed by atoms with Gasteiger partial charge in [-0.25, -0.2) is 0 Å². The van der Waals surface area contributed by atoms with E-state index in [1.165, 1.54) is 19.2 Å². The van der Waals surface area contributed by atoms with Gasteiger partial charge in [0.15, 0.2) is 0 Å². The van der Waals surface area contributed by atoms with Crippen molar-refractivity contribution in [2.45, 2.75) is 17.1 Å². The van der Waals surface area contributed by atoms with Gasteiger partial charge in [-0.1, -0.05) is 12.2 Å². The highest BCUT2D eigenvalue weighted by molar-refractivity contribution is 8.01. The summed E-state index contributed by atoms with van der Waals surface area (Å²) >= 11 is 5.68. The quantitative estimate of drug-likeness (QED) is 0.501. The molecule has 2 heterocycles. The predicted molar refractivity (Wildman–Crippen MR) is 79.1 cm³/mol. The molecule has 0 saturated carbocycles. The third kappa shape index (κ3) is 2.42. The van der Waals surface area contributed by atoms with E-state index in [1.54, 1.807) is 0 Å². The molecule has 0 radical (unpaired) electrons. The molecule has 0 spiro atoms. The Morgan fingerprint density at radius 1 is 1.31 bits per heavy atom. The molecule has 0 amide bonds. The van der Waals surface area contributed by atoms with Gasteiger partial charge >= 0.3 is 0 Å². The first kappa shape index (κ1) is 12.0. The molecule has 0 aromatic carbocycles. The monoisotopic (exact) mass is 266 g/mol. The van der Waals surface area contributed by atoms with Crippen LogP contribution in [-0.2, 0) is 6.42 Å². The van der Waals surface area contributed by atoms with Gasteiger partial charge in [0.1, 0.15) is 0 Å². The number of thioether (sulfide) groups is 1. The number of fused-ring (bicyclic) bond motifs is 1. The Kier molecular flexibility index (Phi) is 4.27. The Hall–Kier alpha value is -0.510. The van der Waals surface area contributed by atoms with Crippen molar-refractivity contribution in [1.82, 2.24) is 0 Å². The maximum absolute atomic E-state index is 3.79. The van der Waals surface area contributed by atoms with Crippen LogP contribution in [0.25, 0.3) is 10.1 Å². The smallest absolute Gasteiger partial charge is 0.0783 e. The van der Waals surface area contributed by atoms with Gasteiger partial charge in [-0.3, -0.25) is 0 Å². The van der Waals surface area contributed by atoms with Crippen LogP contribution in [0.1, 0.15) is 11.3 Å². The molecule has 0 nitrogen and oxygen atoms in total. The molecule has 16 heavy (non-hydrogen) atoms. The Morgan fingerprint density at radius 2 is 2.19 bits per heavy atom. The van der Waals surface area contributed by atoms with Crippen molar-refractivity contribution in [3.05, 3.63) is 41.6 Å². The second-order valence-electron chi connectivity index (χ2n) is 3.40. The van der Waals surface area contributed by atoms with Crippen molar-refractivity contribution >= 4 is 44.5 Å². The third-order valence-electron chi connectivity index (χ3n) is 2.27. The van der Waals surface area contributed by atoms with Gasteiger partial charge in [0.25, 0.3) is 0 Å². The fourth-order valence-electron chi connectivity index (χ4n) is 1.55. The summed E-state index contributed by atoms with van der Waals surface area (Å²) < 4.78 is 2.90. The van der Waals surface area contributed by atoms with Crippen molar-refractivity contribution in [1.29, 1.82) is 0 Å². The summed E-state index contributed by atoms with van der Waals surface area (Å²) in [5.74, 6) is 0.994. The number of hydrogen-bond donors (Lipinski definition) is 0. The number of thiophene rings is 2. The van der Waals surface area contributed by atoms with Gasteiger partial charge in [-0.2, -0.15) is 0 Å². The predicted octanol–water partition coefficient (Wildman–Crippen LogP) is 5.36. The molecular formula is C13H14S3. The summed E-state index contributed by atoms with van der Waals surface area (Å²) in [6, 6.07) is 2.24. The van der Waals surface area contributed by atoms with Crippen LogP contribution in [0, 0.1) is 0 Å². The zero-order valence-corrected chi connectivity index (χ0v) is 11.5. The largest absolute Gasteiger partial charge is 0.142 e. The van der Waals surface area contributed by atoms with E-state index >= 15 is 0 Å². The SMILES string of the molecule is C=CCCc1sc(SCC=C)c2sccc12. The molecule has 0 bridgehead atoms. The summed E-state index contributed by atoms with van der Waals surface area (Å²) in [7, 11) is 0. The van der Waals surface area contributed by atoms with Crippen LogP contribution in [-0.4, -0.2) is 5.75 Å². The molecular weight excluding hydrogens is 252 g/mol. The molecule has 0 N–H and O–H groups in total. The number of rotatable bonds is 6. The second kappa shape index (κ2) is 5.71. The molecule has 2 rings (SSSR count). The maximum atomic E-state index is 3.79. The molecule has 0 unspecified atom stereocenters. The Morgan fingerprint density at radius 3 is 2.94 bits per heavy atom. The highest BCUT2D eigenvalue weighted by Crippen LogP contribution is 2.41. The zero-order valence-electron chi connectivity index (χ0n) is 9.07. The highest BCUT2D eigenvalue weighted by Gasteiger charge is 2.11. The minimum Gasteiger partial charge on any atom is -0.142 e. The Labute approximate surface area is 109 Å². The zero-order chi connectivity index (χ0) is 11.4. The molecule has 0 aliphatic heterocycles. The summed E-state index contributed by atoms with van der Waals surface area (Å²) in [6.45, 7) is 7.56. The average molecular weight is 266 g/mol. The lowest BCUT2D eigenvalue weighted by atomic mass is 10.2. The fourth-order valence-corrected chi connectivity index (χ4v) is 5.14. The highest BCUT2D eigenvalue weighted by atomic mass is 32.2. The van der Waals surface area contributed by atoms with E-state index in [0.717, 1.165) is 18.6 Å². The van der Waals surface area contributed by atoms with E-state index < -0.39 is 0 Å². The standard InChI is InChI=1S/C13H14S3/c1-3-5-6-11-10-7-9-14-12(10)13(16-11)15-8-4-2/h3-4,7,9H,1-2,5-6,8H2.